The van der Waals surface area contributed by atoms with Crippen LogP contribution in [0.1, 0.15) is 81.6 Å². The van der Waals surface area contributed by atoms with E-state index in [2.05, 4.69) is 20.8 Å². The average molecular weight is 571 g/mol. The normalized spacial score (nSPS) is 49.8. The van der Waals surface area contributed by atoms with Gasteiger partial charge in [0.05, 0.1) is 12.0 Å². The van der Waals surface area contributed by atoms with Crippen molar-refractivity contribution in [3.8, 4) is 0 Å². The molecule has 2 heterocycles. The van der Waals surface area contributed by atoms with Gasteiger partial charge in [-0.3, -0.25) is 4.79 Å². The van der Waals surface area contributed by atoms with Crippen LogP contribution in [-0.2, 0) is 33.3 Å². The van der Waals surface area contributed by atoms with Gasteiger partial charge in [-0.25, -0.2) is 4.79 Å². The summed E-state index contributed by atoms with van der Waals surface area (Å²) in [6.07, 6.45) is 4.80. The number of rotatable bonds is 3. The molecule has 3 unspecified atom stereocenters. The number of allylic oxidation sites excluding steroid dienone is 1. The van der Waals surface area contributed by atoms with Gasteiger partial charge in [0.2, 0.25) is 5.60 Å². The quantitative estimate of drug-likeness (QED) is 0.300. The monoisotopic (exact) mass is 570 g/mol. The molecule has 0 aromatic carbocycles. The molecule has 0 aromatic heterocycles. The highest BCUT2D eigenvalue weighted by atomic mass is 16.7. The van der Waals surface area contributed by atoms with Crippen LogP contribution in [-0.4, -0.2) is 59.1 Å². The summed E-state index contributed by atoms with van der Waals surface area (Å²) in [4.78, 5) is 39.5. The van der Waals surface area contributed by atoms with Crippen molar-refractivity contribution >= 4 is 18.2 Å². The number of carbonyl (C=O) groups excluding carboxylic acids is 3. The lowest BCUT2D eigenvalue weighted by molar-refractivity contribution is -0.298. The molecular weight excluding hydrogens is 524 g/mol. The van der Waals surface area contributed by atoms with Gasteiger partial charge in [0, 0.05) is 17.3 Å². The summed E-state index contributed by atoms with van der Waals surface area (Å²) < 4.78 is 24.7. The molecule has 10 atom stereocenters. The summed E-state index contributed by atoms with van der Waals surface area (Å²) in [6.45, 7) is 17.9. The van der Waals surface area contributed by atoms with Gasteiger partial charge in [-0.15, -0.1) is 0 Å². The van der Waals surface area contributed by atoms with E-state index >= 15 is 0 Å². The van der Waals surface area contributed by atoms with Crippen LogP contribution in [0.25, 0.3) is 0 Å². The van der Waals surface area contributed by atoms with E-state index in [-0.39, 0.29) is 41.7 Å². The average Bonchev–Trinajstić information content (AvgIpc) is 3.12. The third kappa shape index (κ3) is 3.59. The summed E-state index contributed by atoms with van der Waals surface area (Å²) >= 11 is 0. The molecule has 2 saturated heterocycles. The van der Waals surface area contributed by atoms with Crippen LogP contribution in [0, 0.1) is 45.8 Å². The van der Waals surface area contributed by atoms with Crippen LogP contribution in [0.4, 0.5) is 0 Å². The van der Waals surface area contributed by atoms with Gasteiger partial charge >= 0.3 is 11.9 Å². The molecule has 41 heavy (non-hydrogen) atoms. The van der Waals surface area contributed by atoms with E-state index in [1.165, 1.54) is 0 Å². The van der Waals surface area contributed by atoms with E-state index in [1.54, 1.807) is 13.8 Å². The van der Waals surface area contributed by atoms with E-state index in [9.17, 15) is 19.5 Å². The van der Waals surface area contributed by atoms with Crippen LogP contribution in [0.15, 0.2) is 23.3 Å². The van der Waals surface area contributed by atoms with Gasteiger partial charge in [-0.1, -0.05) is 46.8 Å². The zero-order valence-corrected chi connectivity index (χ0v) is 25.9. The molecule has 8 heteroatoms. The minimum Gasteiger partial charge on any atom is -0.452 e. The van der Waals surface area contributed by atoms with E-state index in [4.69, 9.17) is 18.9 Å². The first-order chi connectivity index (χ1) is 18.9. The molecular formula is C33H46O8. The number of fused-ring (bicyclic) bond motifs is 6. The number of esters is 2. The maximum atomic E-state index is 14.2. The lowest BCUT2D eigenvalue weighted by atomic mass is 9.66. The molecule has 4 fully saturated rings. The maximum absolute atomic E-state index is 14.2. The Bertz CT molecular complexity index is 1260. The topological polar surface area (TPSA) is 108 Å². The van der Waals surface area contributed by atoms with Gasteiger partial charge in [0.15, 0.2) is 11.9 Å². The van der Waals surface area contributed by atoms with Crippen LogP contribution < -0.4 is 0 Å². The fourth-order valence-corrected chi connectivity index (χ4v) is 9.34. The molecule has 2 bridgehead atoms. The third-order valence-corrected chi connectivity index (χ3v) is 12.5. The van der Waals surface area contributed by atoms with E-state index in [1.807, 2.05) is 39.8 Å². The summed E-state index contributed by atoms with van der Waals surface area (Å²) in [7, 11) is 0. The Morgan fingerprint density at radius 3 is 2.37 bits per heavy atom. The first-order valence-corrected chi connectivity index (χ1v) is 15.2. The highest BCUT2D eigenvalue weighted by Gasteiger charge is 2.77. The van der Waals surface area contributed by atoms with Crippen molar-refractivity contribution in [2.24, 2.45) is 45.8 Å². The van der Waals surface area contributed by atoms with Crippen molar-refractivity contribution in [1.29, 1.82) is 0 Å². The molecule has 0 aromatic rings. The minimum atomic E-state index is -1.66. The summed E-state index contributed by atoms with van der Waals surface area (Å²) in [6, 6.07) is 0. The zero-order chi connectivity index (χ0) is 30.1. The zero-order valence-electron chi connectivity index (χ0n) is 25.9. The second-order valence-electron chi connectivity index (χ2n) is 15.6. The van der Waals surface area contributed by atoms with Crippen molar-refractivity contribution in [2.75, 3.05) is 6.61 Å². The Labute approximate surface area is 243 Å². The van der Waals surface area contributed by atoms with Gasteiger partial charge in [0.25, 0.3) is 0 Å². The smallest absolute Gasteiger partial charge is 0.351 e. The standard InChI is InChI=1S/C33H46O8/c1-17-12-22-23(28(22,3)4)19(15-34)14-20-16-38-30(7,8)40-25(20)33(37)21(17)13-18(2)24(33)39-27(36)32-11-10-31(9,26(35)41-32)29(32,5)6/h13-15,17,19,21-25,37H,10-12,16H2,1-9H3/b20-14-/t17-,19-,21+,22-,23+,24+,25?,31?,32?,33-/m1/s1. The van der Waals surface area contributed by atoms with Crippen LogP contribution in [0.5, 0.6) is 0 Å². The first-order valence-electron chi connectivity index (χ1n) is 15.2. The second-order valence-corrected chi connectivity index (χ2v) is 15.6. The molecule has 0 amide bonds. The van der Waals surface area contributed by atoms with Crippen molar-refractivity contribution in [2.45, 2.75) is 111 Å². The predicted octanol–water partition coefficient (Wildman–Crippen LogP) is 4.53. The van der Waals surface area contributed by atoms with E-state index in [0.29, 0.717) is 24.3 Å². The Kier molecular flexibility index (Phi) is 6.05. The van der Waals surface area contributed by atoms with E-state index in [0.717, 1.165) is 18.3 Å². The van der Waals surface area contributed by atoms with Crippen molar-refractivity contribution in [3.05, 3.63) is 23.3 Å². The van der Waals surface area contributed by atoms with Gasteiger partial charge < -0.3 is 28.8 Å². The second kappa shape index (κ2) is 8.54. The molecule has 6 rings (SSSR count). The molecule has 226 valence electrons. The lowest BCUT2D eigenvalue weighted by Gasteiger charge is -2.50. The Morgan fingerprint density at radius 2 is 1.78 bits per heavy atom. The number of hydrogen-bond acceptors (Lipinski definition) is 8. The van der Waals surface area contributed by atoms with Gasteiger partial charge in [-0.05, 0) is 81.3 Å². The van der Waals surface area contributed by atoms with Crippen LogP contribution in [0.3, 0.4) is 0 Å². The number of aldehydes is 1. The molecule has 6 aliphatic rings. The number of aliphatic hydroxyl groups is 1. The molecule has 0 spiro atoms. The first kappa shape index (κ1) is 29.1. The van der Waals surface area contributed by atoms with Crippen molar-refractivity contribution in [1.82, 2.24) is 0 Å². The maximum Gasteiger partial charge on any atom is 0.351 e. The molecule has 1 N–H and O–H groups in total. The van der Waals surface area contributed by atoms with Gasteiger partial charge in [-0.2, -0.15) is 0 Å². The molecule has 4 aliphatic carbocycles. The Morgan fingerprint density at radius 1 is 1.10 bits per heavy atom. The van der Waals surface area contributed by atoms with Crippen LogP contribution >= 0.6 is 0 Å². The van der Waals surface area contributed by atoms with Crippen molar-refractivity contribution < 1.29 is 38.4 Å². The number of carbonyl (C=O) groups is 3. The van der Waals surface area contributed by atoms with Gasteiger partial charge in [0.1, 0.15) is 18.0 Å². The highest BCUT2D eigenvalue weighted by Crippen LogP contribution is 2.67. The fourth-order valence-electron chi connectivity index (χ4n) is 9.34. The summed E-state index contributed by atoms with van der Waals surface area (Å²) in [5.41, 5.74) is -3.22. The Balaban J connectivity index is 1.44. The van der Waals surface area contributed by atoms with E-state index < -0.39 is 46.0 Å². The molecule has 2 saturated carbocycles. The molecule has 0 radical (unpaired) electrons. The van der Waals surface area contributed by atoms with Crippen LogP contribution in [0.2, 0.25) is 0 Å². The lowest BCUT2D eigenvalue weighted by Crippen LogP contribution is -2.63. The minimum absolute atomic E-state index is 0.0139. The SMILES string of the molecule is CC1=C[C@H]2[C@H](C)C[C@@H]3[C@H]([C@@H](C=O)/C=C4/COC(C)(C)OC4[C@]2(O)[C@H]1OC(=O)C12CCC(C)(C(=O)O1)C2(C)C)C3(C)C. The number of hydrogen-bond donors (Lipinski definition) is 1. The third-order valence-electron chi connectivity index (χ3n) is 12.5. The highest BCUT2D eigenvalue weighted by molar-refractivity contribution is 5.93. The summed E-state index contributed by atoms with van der Waals surface area (Å²) in [5, 5.41) is 13.0. The van der Waals surface area contributed by atoms with Crippen molar-refractivity contribution in [3.63, 3.8) is 0 Å². The fraction of sp³-hybridized carbons (Fsp3) is 0.788. The largest absolute Gasteiger partial charge is 0.452 e. The number of ether oxygens (including phenoxy) is 4. The molecule has 8 nitrogen and oxygen atoms in total. The Hall–Kier alpha value is -2.03. The summed E-state index contributed by atoms with van der Waals surface area (Å²) in [5.74, 6) is -2.19. The predicted molar refractivity (Wildman–Crippen MR) is 149 cm³/mol. The molecule has 2 aliphatic heterocycles.